The fraction of sp³-hybridized carbons (Fsp3) is 0.385. The zero-order valence-electron chi connectivity index (χ0n) is 10.3. The van der Waals surface area contributed by atoms with Crippen molar-refractivity contribution < 1.29 is 9.59 Å². The van der Waals surface area contributed by atoms with Gasteiger partial charge in [0.15, 0.2) is 0 Å². The lowest BCUT2D eigenvalue weighted by Gasteiger charge is -2.21. The quantitative estimate of drug-likeness (QED) is 0.840. The summed E-state index contributed by atoms with van der Waals surface area (Å²) in [4.78, 5) is 24.2. The topological polar surface area (TPSA) is 49.4 Å². The van der Waals surface area contributed by atoms with Crippen molar-refractivity contribution in [1.82, 2.24) is 5.32 Å². The molecule has 1 aromatic rings. The summed E-state index contributed by atoms with van der Waals surface area (Å²) in [7, 11) is 0. The van der Waals surface area contributed by atoms with Crippen molar-refractivity contribution >= 4 is 17.5 Å². The van der Waals surface area contributed by atoms with Gasteiger partial charge in [0, 0.05) is 32.1 Å². The standard InChI is InChI=1S/C13H18N2O2/c1-3-13(17)14-9-10-15(11(2)16)12-7-5-4-6-8-12/h4-8H,3,9-10H2,1-2H3,(H,14,17). The number of nitrogens with one attached hydrogen (secondary N) is 1. The minimum absolute atomic E-state index is 0.00145. The maximum atomic E-state index is 11.5. The summed E-state index contributed by atoms with van der Waals surface area (Å²) in [6, 6.07) is 9.43. The maximum Gasteiger partial charge on any atom is 0.223 e. The van der Waals surface area contributed by atoms with Crippen LogP contribution in [-0.2, 0) is 9.59 Å². The molecule has 0 radical (unpaired) electrons. The van der Waals surface area contributed by atoms with Gasteiger partial charge in [-0.1, -0.05) is 25.1 Å². The van der Waals surface area contributed by atoms with Crippen molar-refractivity contribution in [2.75, 3.05) is 18.0 Å². The summed E-state index contributed by atoms with van der Waals surface area (Å²) in [6.07, 6.45) is 0.464. The maximum absolute atomic E-state index is 11.5. The van der Waals surface area contributed by atoms with Crippen LogP contribution >= 0.6 is 0 Å². The Morgan fingerprint density at radius 1 is 1.24 bits per heavy atom. The second kappa shape index (κ2) is 6.68. The van der Waals surface area contributed by atoms with Gasteiger partial charge in [-0.05, 0) is 12.1 Å². The van der Waals surface area contributed by atoms with E-state index in [1.807, 2.05) is 30.3 Å². The van der Waals surface area contributed by atoms with Crippen molar-refractivity contribution in [1.29, 1.82) is 0 Å². The van der Waals surface area contributed by atoms with Crippen LogP contribution in [0.2, 0.25) is 0 Å². The fourth-order valence-corrected chi connectivity index (χ4v) is 1.51. The smallest absolute Gasteiger partial charge is 0.223 e. The Bertz CT molecular complexity index is 376. The van der Waals surface area contributed by atoms with Crippen LogP contribution in [0, 0.1) is 0 Å². The van der Waals surface area contributed by atoms with E-state index in [4.69, 9.17) is 0 Å². The highest BCUT2D eigenvalue weighted by Crippen LogP contribution is 2.12. The second-order valence-electron chi connectivity index (χ2n) is 3.71. The lowest BCUT2D eigenvalue weighted by molar-refractivity contribution is -0.121. The van der Waals surface area contributed by atoms with E-state index < -0.39 is 0 Å². The lowest BCUT2D eigenvalue weighted by atomic mass is 10.3. The van der Waals surface area contributed by atoms with Gasteiger partial charge in [0.2, 0.25) is 11.8 Å². The number of hydrogen-bond donors (Lipinski definition) is 1. The van der Waals surface area contributed by atoms with Gasteiger partial charge in [-0.3, -0.25) is 9.59 Å². The Balaban J connectivity index is 2.56. The Kier molecular flexibility index (Phi) is 5.20. The van der Waals surface area contributed by atoms with Crippen molar-refractivity contribution in [3.8, 4) is 0 Å². The normalized spacial score (nSPS) is 9.76. The molecule has 4 nitrogen and oxygen atoms in total. The first-order valence-corrected chi connectivity index (χ1v) is 5.75. The van der Waals surface area contributed by atoms with Gasteiger partial charge in [-0.15, -0.1) is 0 Å². The second-order valence-corrected chi connectivity index (χ2v) is 3.71. The molecule has 2 amide bonds. The van der Waals surface area contributed by atoms with Crippen LogP contribution in [0.15, 0.2) is 30.3 Å². The van der Waals surface area contributed by atoms with E-state index in [9.17, 15) is 9.59 Å². The zero-order chi connectivity index (χ0) is 12.7. The number of nitrogens with zero attached hydrogens (tertiary/aromatic N) is 1. The molecule has 0 saturated heterocycles. The van der Waals surface area contributed by atoms with Crippen LogP contribution in [0.25, 0.3) is 0 Å². The molecule has 92 valence electrons. The molecule has 0 aliphatic heterocycles. The van der Waals surface area contributed by atoms with Gasteiger partial charge in [0.25, 0.3) is 0 Å². The van der Waals surface area contributed by atoms with Gasteiger partial charge >= 0.3 is 0 Å². The minimum atomic E-state index is -0.0260. The Hall–Kier alpha value is -1.84. The van der Waals surface area contributed by atoms with E-state index in [1.54, 1.807) is 11.8 Å². The molecule has 1 N–H and O–H groups in total. The Morgan fingerprint density at radius 2 is 1.88 bits per heavy atom. The molecule has 0 bridgehead atoms. The van der Waals surface area contributed by atoms with Crippen LogP contribution in [0.4, 0.5) is 5.69 Å². The molecule has 4 heteroatoms. The molecular weight excluding hydrogens is 216 g/mol. The number of carbonyl (C=O) groups excluding carboxylic acids is 2. The summed E-state index contributed by atoms with van der Waals surface area (Å²) in [6.45, 7) is 4.29. The van der Waals surface area contributed by atoms with Gasteiger partial charge in [0.1, 0.15) is 0 Å². The Labute approximate surface area is 102 Å². The van der Waals surface area contributed by atoms with Gasteiger partial charge in [0.05, 0.1) is 0 Å². The van der Waals surface area contributed by atoms with E-state index in [0.29, 0.717) is 19.5 Å². The molecular formula is C13H18N2O2. The van der Waals surface area contributed by atoms with Crippen LogP contribution in [-0.4, -0.2) is 24.9 Å². The third kappa shape index (κ3) is 4.26. The van der Waals surface area contributed by atoms with Gasteiger partial charge < -0.3 is 10.2 Å². The average Bonchev–Trinajstić information content (AvgIpc) is 2.34. The van der Waals surface area contributed by atoms with E-state index in [2.05, 4.69) is 5.32 Å². The molecule has 0 aromatic heterocycles. The highest BCUT2D eigenvalue weighted by atomic mass is 16.2. The molecule has 1 rings (SSSR count). The first-order valence-electron chi connectivity index (χ1n) is 5.75. The summed E-state index contributed by atoms with van der Waals surface area (Å²) in [5, 5.41) is 2.75. The largest absolute Gasteiger partial charge is 0.354 e. The SMILES string of the molecule is CCC(=O)NCCN(C(C)=O)c1ccccc1. The molecule has 0 unspecified atom stereocenters. The lowest BCUT2D eigenvalue weighted by Crippen LogP contribution is -2.37. The number of para-hydroxylation sites is 1. The van der Waals surface area contributed by atoms with Gasteiger partial charge in [-0.25, -0.2) is 0 Å². The summed E-state index contributed by atoms with van der Waals surface area (Å²) < 4.78 is 0. The number of anilines is 1. The van der Waals surface area contributed by atoms with Gasteiger partial charge in [-0.2, -0.15) is 0 Å². The third-order valence-electron chi connectivity index (χ3n) is 2.43. The predicted octanol–water partition coefficient (Wildman–Crippen LogP) is 1.57. The number of rotatable bonds is 5. The number of amides is 2. The number of hydrogen-bond acceptors (Lipinski definition) is 2. The highest BCUT2D eigenvalue weighted by Gasteiger charge is 2.10. The number of carbonyl (C=O) groups is 2. The van der Waals surface area contributed by atoms with E-state index in [1.165, 1.54) is 6.92 Å². The zero-order valence-corrected chi connectivity index (χ0v) is 10.3. The first-order chi connectivity index (χ1) is 8.15. The van der Waals surface area contributed by atoms with Crippen LogP contribution < -0.4 is 10.2 Å². The molecule has 0 aliphatic carbocycles. The van der Waals surface area contributed by atoms with E-state index in [0.717, 1.165) is 5.69 Å². The predicted molar refractivity (Wildman–Crippen MR) is 67.8 cm³/mol. The third-order valence-corrected chi connectivity index (χ3v) is 2.43. The molecule has 0 fully saturated rings. The molecule has 0 aliphatic rings. The Morgan fingerprint density at radius 3 is 2.41 bits per heavy atom. The van der Waals surface area contributed by atoms with Crippen molar-refractivity contribution in [2.45, 2.75) is 20.3 Å². The summed E-state index contributed by atoms with van der Waals surface area (Å²) >= 11 is 0. The van der Waals surface area contributed by atoms with Crippen molar-refractivity contribution in [2.24, 2.45) is 0 Å². The highest BCUT2D eigenvalue weighted by molar-refractivity contribution is 5.91. The molecule has 0 spiro atoms. The van der Waals surface area contributed by atoms with Crippen LogP contribution in [0.3, 0.4) is 0 Å². The molecule has 0 saturated carbocycles. The minimum Gasteiger partial charge on any atom is -0.354 e. The molecule has 0 atom stereocenters. The molecule has 1 aromatic carbocycles. The monoisotopic (exact) mass is 234 g/mol. The molecule has 17 heavy (non-hydrogen) atoms. The fourth-order valence-electron chi connectivity index (χ4n) is 1.51. The average molecular weight is 234 g/mol. The number of benzene rings is 1. The molecule has 0 heterocycles. The van der Waals surface area contributed by atoms with Crippen LogP contribution in [0.1, 0.15) is 20.3 Å². The summed E-state index contributed by atoms with van der Waals surface area (Å²) in [5.74, 6) is -0.0245. The first kappa shape index (κ1) is 13.2. The van der Waals surface area contributed by atoms with Crippen molar-refractivity contribution in [3.63, 3.8) is 0 Å². The van der Waals surface area contributed by atoms with E-state index >= 15 is 0 Å². The van der Waals surface area contributed by atoms with Crippen molar-refractivity contribution in [3.05, 3.63) is 30.3 Å². The summed E-state index contributed by atoms with van der Waals surface area (Å²) in [5.41, 5.74) is 0.853. The van der Waals surface area contributed by atoms with Crippen LogP contribution in [0.5, 0.6) is 0 Å². The van der Waals surface area contributed by atoms with E-state index in [-0.39, 0.29) is 11.8 Å².